The Hall–Kier alpha value is -2.62. The number of hydrogen-bond donors (Lipinski definition) is 1. The van der Waals surface area contributed by atoms with Gasteiger partial charge in [0.15, 0.2) is 0 Å². The molecule has 1 N–H and O–H groups in total. The molecule has 2 aromatic rings. The van der Waals surface area contributed by atoms with E-state index < -0.39 is 0 Å². The van der Waals surface area contributed by atoms with Gasteiger partial charge in [-0.3, -0.25) is 9.78 Å². The Morgan fingerprint density at radius 3 is 2.90 bits per heavy atom. The monoisotopic (exact) mass is 268 g/mol. The molecule has 1 aromatic heterocycles. The molecule has 20 heavy (non-hydrogen) atoms. The average Bonchev–Trinajstić information content (AvgIpc) is 2.49. The van der Waals surface area contributed by atoms with Gasteiger partial charge >= 0.3 is 0 Å². The van der Waals surface area contributed by atoms with E-state index in [9.17, 15) is 4.79 Å². The molecule has 0 radical (unpaired) electrons. The average molecular weight is 268 g/mol. The van der Waals surface area contributed by atoms with E-state index in [1.54, 1.807) is 24.5 Å². The second-order valence-electron chi connectivity index (χ2n) is 4.04. The summed E-state index contributed by atoms with van der Waals surface area (Å²) in [6, 6.07) is 11.0. The number of hydrogen-bond acceptors (Lipinski definition) is 3. The molecule has 1 amide bonds. The van der Waals surface area contributed by atoms with Crippen molar-refractivity contribution in [1.29, 1.82) is 0 Å². The molecule has 0 aliphatic heterocycles. The van der Waals surface area contributed by atoms with Crippen molar-refractivity contribution in [3.63, 3.8) is 0 Å². The van der Waals surface area contributed by atoms with Crippen LogP contribution < -0.4 is 10.1 Å². The molecule has 102 valence electrons. The topological polar surface area (TPSA) is 51.2 Å². The first-order chi connectivity index (χ1) is 9.79. The summed E-state index contributed by atoms with van der Waals surface area (Å²) in [6.45, 7) is 2.46. The highest BCUT2D eigenvalue weighted by Crippen LogP contribution is 2.23. The molecule has 0 saturated carbocycles. The Bertz CT molecular complexity index is 594. The van der Waals surface area contributed by atoms with Gasteiger partial charge in [-0.15, -0.1) is 0 Å². The lowest BCUT2D eigenvalue weighted by atomic mass is 10.2. The summed E-state index contributed by atoms with van der Waals surface area (Å²) in [5.74, 6) is 0.458. The number of amides is 1. The van der Waals surface area contributed by atoms with Crippen LogP contribution in [0.3, 0.4) is 0 Å². The fourth-order valence-electron chi connectivity index (χ4n) is 1.67. The molecule has 0 unspecified atom stereocenters. The Morgan fingerprint density at radius 1 is 1.30 bits per heavy atom. The third kappa shape index (κ3) is 3.95. The highest BCUT2D eigenvalue weighted by atomic mass is 16.5. The van der Waals surface area contributed by atoms with Gasteiger partial charge in [-0.05, 0) is 36.8 Å². The van der Waals surface area contributed by atoms with Crippen molar-refractivity contribution in [2.24, 2.45) is 0 Å². The van der Waals surface area contributed by atoms with Crippen LogP contribution in [-0.2, 0) is 4.79 Å². The van der Waals surface area contributed by atoms with Crippen LogP contribution in [0.4, 0.5) is 5.69 Å². The van der Waals surface area contributed by atoms with Crippen molar-refractivity contribution < 1.29 is 9.53 Å². The summed E-state index contributed by atoms with van der Waals surface area (Å²) in [5.41, 5.74) is 1.54. The van der Waals surface area contributed by atoms with E-state index in [2.05, 4.69) is 10.3 Å². The van der Waals surface area contributed by atoms with Gasteiger partial charge in [0.2, 0.25) is 5.91 Å². The Kier molecular flexibility index (Phi) is 4.89. The standard InChI is InChI=1S/C16H16N2O2/c1-2-20-15-8-4-3-7-14(15)18-16(19)10-9-13-6-5-11-17-12-13/h3-12H,2H2,1H3,(H,18,19)/b10-9+. The highest BCUT2D eigenvalue weighted by molar-refractivity contribution is 6.02. The number of pyridine rings is 1. The zero-order valence-electron chi connectivity index (χ0n) is 11.2. The largest absolute Gasteiger partial charge is 0.492 e. The smallest absolute Gasteiger partial charge is 0.248 e. The second-order valence-corrected chi connectivity index (χ2v) is 4.04. The number of nitrogens with one attached hydrogen (secondary N) is 1. The molecule has 2 rings (SSSR count). The number of carbonyl (C=O) groups is 1. The minimum absolute atomic E-state index is 0.207. The summed E-state index contributed by atoms with van der Waals surface area (Å²) in [4.78, 5) is 15.9. The minimum atomic E-state index is -0.207. The third-order valence-electron chi connectivity index (χ3n) is 2.56. The van der Waals surface area contributed by atoms with E-state index in [0.717, 1.165) is 5.56 Å². The van der Waals surface area contributed by atoms with Crippen LogP contribution in [0, 0.1) is 0 Å². The lowest BCUT2D eigenvalue weighted by molar-refractivity contribution is -0.111. The first-order valence-electron chi connectivity index (χ1n) is 6.40. The Labute approximate surface area is 118 Å². The zero-order valence-corrected chi connectivity index (χ0v) is 11.2. The van der Waals surface area contributed by atoms with Gasteiger partial charge in [0.1, 0.15) is 5.75 Å². The van der Waals surface area contributed by atoms with Gasteiger partial charge in [0.25, 0.3) is 0 Å². The normalized spacial score (nSPS) is 10.4. The van der Waals surface area contributed by atoms with E-state index in [0.29, 0.717) is 18.0 Å². The second kappa shape index (κ2) is 7.09. The number of carbonyl (C=O) groups excluding carboxylic acids is 1. The van der Waals surface area contributed by atoms with Crippen molar-refractivity contribution in [2.45, 2.75) is 6.92 Å². The molecular weight excluding hydrogens is 252 g/mol. The third-order valence-corrected chi connectivity index (χ3v) is 2.56. The Morgan fingerprint density at radius 2 is 2.15 bits per heavy atom. The van der Waals surface area contributed by atoms with E-state index in [1.165, 1.54) is 6.08 Å². The van der Waals surface area contributed by atoms with E-state index in [-0.39, 0.29) is 5.91 Å². The molecule has 0 aliphatic carbocycles. The molecule has 0 saturated heterocycles. The number of para-hydroxylation sites is 2. The molecule has 4 nitrogen and oxygen atoms in total. The van der Waals surface area contributed by atoms with Crippen LogP contribution >= 0.6 is 0 Å². The fraction of sp³-hybridized carbons (Fsp3) is 0.125. The molecule has 1 heterocycles. The quantitative estimate of drug-likeness (QED) is 0.848. The molecule has 1 aromatic carbocycles. The SMILES string of the molecule is CCOc1ccccc1NC(=O)/C=C/c1cccnc1. The van der Waals surface area contributed by atoms with Crippen molar-refractivity contribution in [2.75, 3.05) is 11.9 Å². The molecule has 4 heteroatoms. The van der Waals surface area contributed by atoms with E-state index in [4.69, 9.17) is 4.74 Å². The van der Waals surface area contributed by atoms with Crippen molar-refractivity contribution in [3.8, 4) is 5.75 Å². The van der Waals surface area contributed by atoms with Crippen LogP contribution in [0.5, 0.6) is 5.75 Å². The Balaban J connectivity index is 2.03. The van der Waals surface area contributed by atoms with Crippen molar-refractivity contribution in [3.05, 3.63) is 60.4 Å². The maximum absolute atomic E-state index is 11.9. The van der Waals surface area contributed by atoms with Gasteiger partial charge in [0, 0.05) is 18.5 Å². The van der Waals surface area contributed by atoms with Crippen LogP contribution in [0.15, 0.2) is 54.9 Å². The lowest BCUT2D eigenvalue weighted by Crippen LogP contribution is -2.09. The van der Waals surface area contributed by atoms with Gasteiger partial charge < -0.3 is 10.1 Å². The predicted octanol–water partition coefficient (Wildman–Crippen LogP) is 3.13. The molecular formula is C16H16N2O2. The van der Waals surface area contributed by atoms with Gasteiger partial charge in [-0.2, -0.15) is 0 Å². The van der Waals surface area contributed by atoms with Crippen LogP contribution in [0.25, 0.3) is 6.08 Å². The molecule has 0 aliphatic rings. The first-order valence-corrected chi connectivity index (χ1v) is 6.40. The maximum atomic E-state index is 11.9. The van der Waals surface area contributed by atoms with Crippen LogP contribution in [0.1, 0.15) is 12.5 Å². The first kappa shape index (κ1) is 13.8. The number of aromatic nitrogens is 1. The number of benzene rings is 1. The zero-order chi connectivity index (χ0) is 14.2. The van der Waals surface area contributed by atoms with Crippen LogP contribution in [0.2, 0.25) is 0 Å². The highest BCUT2D eigenvalue weighted by Gasteiger charge is 2.04. The summed E-state index contributed by atoms with van der Waals surface area (Å²) >= 11 is 0. The van der Waals surface area contributed by atoms with Crippen LogP contribution in [-0.4, -0.2) is 17.5 Å². The fourth-order valence-corrected chi connectivity index (χ4v) is 1.67. The van der Waals surface area contributed by atoms with Crippen molar-refractivity contribution in [1.82, 2.24) is 4.98 Å². The minimum Gasteiger partial charge on any atom is -0.492 e. The van der Waals surface area contributed by atoms with E-state index in [1.807, 2.05) is 37.3 Å². The van der Waals surface area contributed by atoms with Crippen molar-refractivity contribution >= 4 is 17.7 Å². The lowest BCUT2D eigenvalue weighted by Gasteiger charge is -2.09. The van der Waals surface area contributed by atoms with Gasteiger partial charge in [0.05, 0.1) is 12.3 Å². The summed E-state index contributed by atoms with van der Waals surface area (Å²) in [5, 5.41) is 2.79. The molecule has 0 atom stereocenters. The molecule has 0 fully saturated rings. The molecule has 0 spiro atoms. The number of rotatable bonds is 5. The summed E-state index contributed by atoms with van der Waals surface area (Å²) in [6.07, 6.45) is 6.57. The summed E-state index contributed by atoms with van der Waals surface area (Å²) < 4.78 is 5.45. The van der Waals surface area contributed by atoms with Gasteiger partial charge in [-0.1, -0.05) is 18.2 Å². The number of anilines is 1. The molecule has 0 bridgehead atoms. The maximum Gasteiger partial charge on any atom is 0.248 e. The predicted molar refractivity (Wildman–Crippen MR) is 79.5 cm³/mol. The van der Waals surface area contributed by atoms with E-state index >= 15 is 0 Å². The van der Waals surface area contributed by atoms with Gasteiger partial charge in [-0.25, -0.2) is 0 Å². The summed E-state index contributed by atoms with van der Waals surface area (Å²) in [7, 11) is 0. The number of ether oxygens (including phenoxy) is 1. The number of nitrogens with zero attached hydrogens (tertiary/aromatic N) is 1.